The number of nitrogen functional groups attached to an aromatic ring is 1. The second kappa shape index (κ2) is 5.78. The third kappa shape index (κ3) is 3.07. The average Bonchev–Trinajstić information content (AvgIpc) is 2.84. The molecule has 0 saturated carbocycles. The maximum Gasteiger partial charge on any atom is 0.149 e. The van der Waals surface area contributed by atoms with Crippen molar-refractivity contribution in [1.29, 1.82) is 0 Å². The summed E-state index contributed by atoms with van der Waals surface area (Å²) in [6.45, 7) is 0.828. The summed E-state index contributed by atoms with van der Waals surface area (Å²) in [4.78, 5) is 7.53. The van der Waals surface area contributed by atoms with Crippen molar-refractivity contribution in [2.75, 3.05) is 24.2 Å². The van der Waals surface area contributed by atoms with Crippen LogP contribution in [0.3, 0.4) is 0 Å². The minimum Gasteiger partial charge on any atom is -0.382 e. The molecule has 0 aromatic carbocycles. The Morgan fingerprint density at radius 1 is 1.39 bits per heavy atom. The van der Waals surface area contributed by atoms with E-state index in [1.807, 2.05) is 18.0 Å². The van der Waals surface area contributed by atoms with Gasteiger partial charge in [0.15, 0.2) is 0 Å². The van der Waals surface area contributed by atoms with Gasteiger partial charge < -0.3 is 10.6 Å². The van der Waals surface area contributed by atoms with Crippen molar-refractivity contribution in [2.45, 2.75) is 6.42 Å². The quantitative estimate of drug-likeness (QED) is 0.936. The molecule has 0 unspecified atom stereocenters. The van der Waals surface area contributed by atoms with E-state index in [0.717, 1.165) is 13.0 Å². The molecule has 2 N–H and O–H groups in total. The molecule has 0 aliphatic carbocycles. The Balaban J connectivity index is 2.09. The molecule has 2 rings (SSSR count). The number of nitrogens with two attached hydrogens (primary N) is 1. The summed E-state index contributed by atoms with van der Waals surface area (Å²) in [7, 11) is 1.94. The van der Waals surface area contributed by atoms with Gasteiger partial charge in [-0.1, -0.05) is 29.3 Å². The van der Waals surface area contributed by atoms with Crippen LogP contribution in [0.2, 0.25) is 10.0 Å². The third-order valence-corrected chi connectivity index (χ3v) is 4.09. The van der Waals surface area contributed by atoms with Crippen molar-refractivity contribution in [2.24, 2.45) is 0 Å². The lowest BCUT2D eigenvalue weighted by Gasteiger charge is -2.19. The highest BCUT2D eigenvalue weighted by molar-refractivity contribution is 7.09. The second-order valence-corrected chi connectivity index (χ2v) is 5.76. The van der Waals surface area contributed by atoms with E-state index >= 15 is 0 Å². The fourth-order valence-corrected chi connectivity index (χ4v) is 2.78. The Kier molecular flexibility index (Phi) is 4.32. The van der Waals surface area contributed by atoms with E-state index in [-0.39, 0.29) is 0 Å². The van der Waals surface area contributed by atoms with Gasteiger partial charge in [0, 0.05) is 18.5 Å². The van der Waals surface area contributed by atoms with Gasteiger partial charge in [0.05, 0.1) is 10.0 Å². The van der Waals surface area contributed by atoms with Crippen molar-refractivity contribution in [3.8, 4) is 0 Å². The van der Waals surface area contributed by atoms with E-state index in [1.54, 1.807) is 17.4 Å². The van der Waals surface area contributed by atoms with Gasteiger partial charge in [0.25, 0.3) is 0 Å². The topological polar surface area (TPSA) is 42.2 Å². The maximum absolute atomic E-state index is 6.12. The number of pyridine rings is 1. The molecule has 2 aromatic rings. The fraction of sp³-hybridized carbons (Fsp3) is 0.250. The highest BCUT2D eigenvalue weighted by Crippen LogP contribution is 2.29. The molecule has 3 nitrogen and oxygen atoms in total. The summed E-state index contributed by atoms with van der Waals surface area (Å²) >= 11 is 13.7. The molecular weight excluding hydrogens is 289 g/mol. The van der Waals surface area contributed by atoms with Crippen LogP contribution in [0.25, 0.3) is 0 Å². The zero-order chi connectivity index (χ0) is 13.1. The Bertz CT molecular complexity index is 528. The number of hydrogen-bond donors (Lipinski definition) is 1. The zero-order valence-corrected chi connectivity index (χ0v) is 12.2. The Hall–Kier alpha value is -0.970. The molecule has 96 valence electrons. The van der Waals surface area contributed by atoms with E-state index in [4.69, 9.17) is 28.9 Å². The molecule has 0 spiro atoms. The van der Waals surface area contributed by atoms with Gasteiger partial charge in [-0.25, -0.2) is 4.98 Å². The van der Waals surface area contributed by atoms with Crippen LogP contribution in [0.5, 0.6) is 0 Å². The number of rotatable bonds is 4. The van der Waals surface area contributed by atoms with Gasteiger partial charge in [0.1, 0.15) is 11.6 Å². The molecule has 0 atom stereocenters. The zero-order valence-electron chi connectivity index (χ0n) is 9.86. The van der Waals surface area contributed by atoms with Crippen molar-refractivity contribution < 1.29 is 0 Å². The first-order valence-electron chi connectivity index (χ1n) is 5.43. The highest BCUT2D eigenvalue weighted by atomic mass is 35.5. The lowest BCUT2D eigenvalue weighted by molar-refractivity contribution is 0.870. The van der Waals surface area contributed by atoms with E-state index in [9.17, 15) is 0 Å². The molecule has 0 bridgehead atoms. The summed E-state index contributed by atoms with van der Waals surface area (Å²) in [6, 6.07) is 5.79. The van der Waals surface area contributed by atoms with Crippen LogP contribution in [0.4, 0.5) is 11.6 Å². The van der Waals surface area contributed by atoms with Crippen molar-refractivity contribution in [1.82, 2.24) is 4.98 Å². The summed E-state index contributed by atoms with van der Waals surface area (Å²) in [5.41, 5.74) is 5.69. The first-order valence-corrected chi connectivity index (χ1v) is 7.06. The van der Waals surface area contributed by atoms with Crippen molar-refractivity contribution >= 4 is 46.2 Å². The van der Waals surface area contributed by atoms with Crippen LogP contribution in [-0.2, 0) is 6.42 Å². The SMILES string of the molecule is CN(CCc1cccs1)c1nc(N)c(Cl)cc1Cl. The van der Waals surface area contributed by atoms with E-state index in [0.29, 0.717) is 21.7 Å². The fourth-order valence-electron chi connectivity index (χ4n) is 1.58. The number of anilines is 2. The number of thiophene rings is 1. The Morgan fingerprint density at radius 3 is 2.83 bits per heavy atom. The summed E-state index contributed by atoms with van der Waals surface area (Å²) in [5, 5.41) is 2.97. The predicted octanol–water partition coefficient (Wildman–Crippen LogP) is 3.71. The molecule has 0 radical (unpaired) electrons. The molecule has 2 heterocycles. The highest BCUT2D eigenvalue weighted by Gasteiger charge is 2.11. The van der Waals surface area contributed by atoms with Crippen LogP contribution in [0, 0.1) is 0 Å². The second-order valence-electron chi connectivity index (χ2n) is 3.91. The lowest BCUT2D eigenvalue weighted by atomic mass is 10.3. The molecule has 18 heavy (non-hydrogen) atoms. The third-order valence-electron chi connectivity index (χ3n) is 2.57. The standard InChI is InChI=1S/C12H13Cl2N3S/c1-17(5-4-8-3-2-6-18-8)12-10(14)7-9(13)11(15)16-12/h2-3,6-7H,4-5H2,1H3,(H2,15,16). The minimum absolute atomic E-state index is 0.305. The smallest absolute Gasteiger partial charge is 0.149 e. The molecule has 2 aromatic heterocycles. The molecule has 0 aliphatic heterocycles. The Labute approximate surface area is 120 Å². The monoisotopic (exact) mass is 301 g/mol. The number of nitrogens with zero attached hydrogens (tertiary/aromatic N) is 2. The van der Waals surface area contributed by atoms with Gasteiger partial charge in [-0.3, -0.25) is 0 Å². The molecule has 0 saturated heterocycles. The number of aromatic nitrogens is 1. The van der Waals surface area contributed by atoms with E-state index in [2.05, 4.69) is 16.4 Å². The van der Waals surface area contributed by atoms with Gasteiger partial charge in [-0.05, 0) is 23.9 Å². The molecular formula is C12H13Cl2N3S. The van der Waals surface area contributed by atoms with Crippen LogP contribution in [0.15, 0.2) is 23.6 Å². The normalized spacial score (nSPS) is 10.6. The molecule has 6 heteroatoms. The average molecular weight is 302 g/mol. The van der Waals surface area contributed by atoms with Crippen LogP contribution in [-0.4, -0.2) is 18.6 Å². The van der Waals surface area contributed by atoms with Crippen molar-refractivity contribution in [3.05, 3.63) is 38.5 Å². The Morgan fingerprint density at radius 2 is 2.17 bits per heavy atom. The van der Waals surface area contributed by atoms with Crippen LogP contribution in [0.1, 0.15) is 4.88 Å². The molecule has 0 amide bonds. The number of hydrogen-bond acceptors (Lipinski definition) is 4. The lowest BCUT2D eigenvalue weighted by Crippen LogP contribution is -2.22. The predicted molar refractivity (Wildman–Crippen MR) is 80.0 cm³/mol. The van der Waals surface area contributed by atoms with E-state index < -0.39 is 0 Å². The molecule has 0 fully saturated rings. The largest absolute Gasteiger partial charge is 0.382 e. The maximum atomic E-state index is 6.12. The summed E-state index contributed by atoms with van der Waals surface area (Å²) in [5.74, 6) is 0.967. The first-order chi connectivity index (χ1) is 8.58. The van der Waals surface area contributed by atoms with Crippen LogP contribution >= 0.6 is 34.5 Å². The van der Waals surface area contributed by atoms with Crippen molar-refractivity contribution in [3.63, 3.8) is 0 Å². The summed E-state index contributed by atoms with van der Waals surface area (Å²) < 4.78 is 0. The van der Waals surface area contributed by atoms with Gasteiger partial charge in [0.2, 0.25) is 0 Å². The summed E-state index contributed by atoms with van der Waals surface area (Å²) in [6.07, 6.45) is 0.953. The van der Waals surface area contributed by atoms with Gasteiger partial charge in [-0.2, -0.15) is 0 Å². The number of likely N-dealkylation sites (N-methyl/N-ethyl adjacent to an activating group) is 1. The van der Waals surface area contributed by atoms with Gasteiger partial charge >= 0.3 is 0 Å². The minimum atomic E-state index is 0.305. The first kappa shape index (κ1) is 13.5. The number of halogens is 2. The van der Waals surface area contributed by atoms with Crippen LogP contribution < -0.4 is 10.6 Å². The van der Waals surface area contributed by atoms with E-state index in [1.165, 1.54) is 4.88 Å². The van der Waals surface area contributed by atoms with Gasteiger partial charge in [-0.15, -0.1) is 11.3 Å². The molecule has 0 aliphatic rings.